The van der Waals surface area contributed by atoms with E-state index in [4.69, 9.17) is 5.11 Å². The van der Waals surface area contributed by atoms with Gasteiger partial charge in [-0.3, -0.25) is 4.79 Å². The Morgan fingerprint density at radius 1 is 0.500 bits per heavy atom. The van der Waals surface area contributed by atoms with Crippen LogP contribution in [-0.4, -0.2) is 11.1 Å². The van der Waals surface area contributed by atoms with Gasteiger partial charge in [-0.05, 0) is 25.7 Å². The first-order valence-corrected chi connectivity index (χ1v) is 13.6. The number of unbranched alkanes of at least 4 members (excludes halogenated alkanes) is 21. The summed E-state index contributed by atoms with van der Waals surface area (Å²) in [5.41, 5.74) is 0. The van der Waals surface area contributed by atoms with Crippen molar-refractivity contribution in [3.05, 3.63) is 12.2 Å². The molecule has 0 saturated heterocycles. The van der Waals surface area contributed by atoms with E-state index in [1.807, 2.05) is 0 Å². The van der Waals surface area contributed by atoms with Crippen molar-refractivity contribution in [2.24, 2.45) is 0 Å². The molecule has 0 heterocycles. The van der Waals surface area contributed by atoms with Gasteiger partial charge in [0.15, 0.2) is 0 Å². The van der Waals surface area contributed by atoms with E-state index in [2.05, 4.69) is 19.1 Å². The quantitative estimate of drug-likeness (QED) is 0.117. The third-order valence-corrected chi connectivity index (χ3v) is 6.15. The highest BCUT2D eigenvalue weighted by Gasteiger charge is 1.96. The summed E-state index contributed by atoms with van der Waals surface area (Å²) in [6, 6.07) is 0. The summed E-state index contributed by atoms with van der Waals surface area (Å²) in [6.07, 6.45) is 36.1. The van der Waals surface area contributed by atoms with E-state index in [0.29, 0.717) is 6.42 Å². The molecule has 1 N–H and O–H groups in total. The normalized spacial score (nSPS) is 11.5. The molecule has 0 radical (unpaired) electrons. The minimum atomic E-state index is -0.683. The molecule has 30 heavy (non-hydrogen) atoms. The van der Waals surface area contributed by atoms with Crippen LogP contribution in [-0.2, 0) is 4.79 Å². The zero-order valence-electron chi connectivity index (χ0n) is 20.5. The number of carboxylic acids is 1. The Balaban J connectivity index is 3.05. The largest absolute Gasteiger partial charge is 0.481 e. The minimum Gasteiger partial charge on any atom is -0.481 e. The first-order chi connectivity index (χ1) is 14.8. The van der Waals surface area contributed by atoms with Gasteiger partial charge in [0, 0.05) is 6.42 Å². The van der Waals surface area contributed by atoms with Gasteiger partial charge in [0.2, 0.25) is 0 Å². The SMILES string of the molecule is CCCCCCCCCCCCCCCCCCCCCC/C=C/CCCC(=O)O. The molecule has 2 heteroatoms. The van der Waals surface area contributed by atoms with Gasteiger partial charge in [0.25, 0.3) is 0 Å². The van der Waals surface area contributed by atoms with Crippen LogP contribution in [0, 0.1) is 0 Å². The van der Waals surface area contributed by atoms with Crippen LogP contribution in [0.4, 0.5) is 0 Å². The fourth-order valence-electron chi connectivity index (χ4n) is 4.12. The van der Waals surface area contributed by atoms with Gasteiger partial charge in [-0.1, -0.05) is 141 Å². The van der Waals surface area contributed by atoms with Crippen LogP contribution in [0.3, 0.4) is 0 Å². The second-order valence-corrected chi connectivity index (χ2v) is 9.26. The van der Waals surface area contributed by atoms with Crippen LogP contribution in [0.2, 0.25) is 0 Å². The van der Waals surface area contributed by atoms with Crippen LogP contribution < -0.4 is 0 Å². The fraction of sp³-hybridized carbons (Fsp3) is 0.893. The molecule has 0 bridgehead atoms. The zero-order valence-corrected chi connectivity index (χ0v) is 20.5. The number of hydrogen-bond donors (Lipinski definition) is 1. The Bertz CT molecular complexity index is 362. The molecule has 0 fully saturated rings. The molecule has 0 aliphatic carbocycles. The van der Waals surface area contributed by atoms with E-state index >= 15 is 0 Å². The van der Waals surface area contributed by atoms with Gasteiger partial charge in [-0.2, -0.15) is 0 Å². The molecule has 0 amide bonds. The van der Waals surface area contributed by atoms with Gasteiger partial charge in [0.05, 0.1) is 0 Å². The Morgan fingerprint density at radius 3 is 1.13 bits per heavy atom. The monoisotopic (exact) mass is 422 g/mol. The molecule has 0 atom stereocenters. The lowest BCUT2D eigenvalue weighted by Gasteiger charge is -2.04. The second-order valence-electron chi connectivity index (χ2n) is 9.26. The Kier molecular flexibility index (Phi) is 25.6. The van der Waals surface area contributed by atoms with Crippen molar-refractivity contribution < 1.29 is 9.90 Å². The number of hydrogen-bond acceptors (Lipinski definition) is 1. The lowest BCUT2D eigenvalue weighted by molar-refractivity contribution is -0.137. The summed E-state index contributed by atoms with van der Waals surface area (Å²) in [6.45, 7) is 2.29. The highest BCUT2D eigenvalue weighted by molar-refractivity contribution is 5.66. The molecule has 0 aromatic rings. The second kappa shape index (κ2) is 26.2. The Labute approximate surface area is 189 Å². The summed E-state index contributed by atoms with van der Waals surface area (Å²) in [7, 11) is 0. The van der Waals surface area contributed by atoms with Gasteiger partial charge in [0.1, 0.15) is 0 Å². The van der Waals surface area contributed by atoms with Gasteiger partial charge < -0.3 is 5.11 Å². The molecule has 0 rings (SSSR count). The fourth-order valence-corrected chi connectivity index (χ4v) is 4.12. The maximum Gasteiger partial charge on any atom is 0.303 e. The molecule has 0 spiro atoms. The van der Waals surface area contributed by atoms with Crippen molar-refractivity contribution >= 4 is 5.97 Å². The number of carboxylic acid groups (broad SMARTS) is 1. The molecule has 0 aliphatic heterocycles. The average Bonchev–Trinajstić information content (AvgIpc) is 2.73. The van der Waals surface area contributed by atoms with Crippen molar-refractivity contribution in [3.63, 3.8) is 0 Å². The molecule has 0 aromatic heterocycles. The number of allylic oxidation sites excluding steroid dienone is 2. The first-order valence-electron chi connectivity index (χ1n) is 13.6. The van der Waals surface area contributed by atoms with Crippen LogP contribution in [0.25, 0.3) is 0 Å². The van der Waals surface area contributed by atoms with E-state index in [0.717, 1.165) is 19.3 Å². The van der Waals surface area contributed by atoms with Crippen molar-refractivity contribution in [1.82, 2.24) is 0 Å². The molecule has 0 aliphatic rings. The standard InChI is InChI=1S/C28H54O2/c1-2-3-4-5-6-7-8-9-10-11-12-13-14-15-16-17-18-19-20-21-22-23-24-25-26-27-28(29)30/h23-24H,2-22,25-27H2,1H3,(H,29,30)/b24-23+. The van der Waals surface area contributed by atoms with Crippen molar-refractivity contribution in [3.8, 4) is 0 Å². The third-order valence-electron chi connectivity index (χ3n) is 6.15. The van der Waals surface area contributed by atoms with Crippen LogP contribution in [0.5, 0.6) is 0 Å². The van der Waals surface area contributed by atoms with E-state index in [-0.39, 0.29) is 0 Å². The number of aliphatic carboxylic acids is 1. The topological polar surface area (TPSA) is 37.3 Å². The summed E-state index contributed by atoms with van der Waals surface area (Å²) in [5.74, 6) is -0.683. The highest BCUT2D eigenvalue weighted by atomic mass is 16.4. The van der Waals surface area contributed by atoms with Gasteiger partial charge in [-0.25, -0.2) is 0 Å². The van der Waals surface area contributed by atoms with Crippen molar-refractivity contribution in [2.45, 2.75) is 161 Å². The molecule has 2 nitrogen and oxygen atoms in total. The summed E-state index contributed by atoms with van der Waals surface area (Å²) in [4.78, 5) is 10.4. The minimum absolute atomic E-state index is 0.295. The van der Waals surface area contributed by atoms with E-state index in [1.165, 1.54) is 128 Å². The lowest BCUT2D eigenvalue weighted by atomic mass is 10.0. The maximum absolute atomic E-state index is 10.4. The maximum atomic E-state index is 10.4. The average molecular weight is 423 g/mol. The number of carbonyl (C=O) groups is 1. The van der Waals surface area contributed by atoms with E-state index in [9.17, 15) is 4.79 Å². The summed E-state index contributed by atoms with van der Waals surface area (Å²) >= 11 is 0. The molecular weight excluding hydrogens is 368 g/mol. The predicted molar refractivity (Wildman–Crippen MR) is 133 cm³/mol. The van der Waals surface area contributed by atoms with Crippen LogP contribution in [0.15, 0.2) is 12.2 Å². The van der Waals surface area contributed by atoms with Crippen molar-refractivity contribution in [1.29, 1.82) is 0 Å². The first kappa shape index (κ1) is 29.2. The van der Waals surface area contributed by atoms with Gasteiger partial charge in [-0.15, -0.1) is 0 Å². The lowest BCUT2D eigenvalue weighted by Crippen LogP contribution is -1.92. The molecule has 0 saturated carbocycles. The highest BCUT2D eigenvalue weighted by Crippen LogP contribution is 2.15. The van der Waals surface area contributed by atoms with E-state index in [1.54, 1.807) is 0 Å². The third kappa shape index (κ3) is 27.2. The van der Waals surface area contributed by atoms with Crippen molar-refractivity contribution in [2.75, 3.05) is 0 Å². The Morgan fingerprint density at radius 2 is 0.800 bits per heavy atom. The van der Waals surface area contributed by atoms with Crippen LogP contribution in [0.1, 0.15) is 161 Å². The molecule has 0 aromatic carbocycles. The molecule has 0 unspecified atom stereocenters. The smallest absolute Gasteiger partial charge is 0.303 e. The Hall–Kier alpha value is -0.790. The van der Waals surface area contributed by atoms with Gasteiger partial charge >= 0.3 is 5.97 Å². The van der Waals surface area contributed by atoms with Crippen LogP contribution >= 0.6 is 0 Å². The molecule has 178 valence electrons. The van der Waals surface area contributed by atoms with E-state index < -0.39 is 5.97 Å². The predicted octanol–water partition coefficient (Wildman–Crippen LogP) is 10.0. The summed E-state index contributed by atoms with van der Waals surface area (Å²) in [5, 5.41) is 8.57. The number of rotatable bonds is 25. The zero-order chi connectivity index (χ0) is 22.0. The molecular formula is C28H54O2. The summed E-state index contributed by atoms with van der Waals surface area (Å²) < 4.78 is 0.